The Hall–Kier alpha value is -0.460. The van der Waals surface area contributed by atoms with Crippen LogP contribution in [0.4, 0.5) is 0 Å². The van der Waals surface area contributed by atoms with Crippen molar-refractivity contribution in [2.24, 2.45) is 28.6 Å². The fourth-order valence-corrected chi connectivity index (χ4v) is 8.69. The molecule has 5 nitrogen and oxygen atoms in total. The summed E-state index contributed by atoms with van der Waals surface area (Å²) in [6.07, 6.45) is 13.8. The van der Waals surface area contributed by atoms with Gasteiger partial charge in [-0.25, -0.2) is 0 Å². The van der Waals surface area contributed by atoms with Crippen LogP contribution in [0.5, 0.6) is 0 Å². The number of ether oxygens (including phenoxy) is 2. The average molecular weight is 435 g/mol. The van der Waals surface area contributed by atoms with E-state index in [9.17, 15) is 15.3 Å². The summed E-state index contributed by atoms with van der Waals surface area (Å²) in [5.74, 6) is 0.911. The lowest BCUT2D eigenvalue weighted by Gasteiger charge is -2.59. The van der Waals surface area contributed by atoms with E-state index in [1.165, 1.54) is 19.3 Å². The molecule has 31 heavy (non-hydrogen) atoms. The second-order valence-corrected chi connectivity index (χ2v) is 11.6. The Labute approximate surface area is 187 Å². The lowest BCUT2D eigenvalue weighted by Crippen LogP contribution is -2.57. The summed E-state index contributed by atoms with van der Waals surface area (Å²) in [7, 11) is 1.81. The van der Waals surface area contributed by atoms with Crippen molar-refractivity contribution in [1.82, 2.24) is 0 Å². The first-order valence-electron chi connectivity index (χ1n) is 12.8. The molecule has 0 bridgehead atoms. The van der Waals surface area contributed by atoms with Gasteiger partial charge in [-0.15, -0.1) is 0 Å². The maximum atomic E-state index is 10.6. The van der Waals surface area contributed by atoms with Gasteiger partial charge in [-0.1, -0.05) is 25.0 Å². The van der Waals surface area contributed by atoms with Crippen LogP contribution in [0.15, 0.2) is 11.6 Å². The third-order valence-electron chi connectivity index (χ3n) is 10.4. The predicted molar refractivity (Wildman–Crippen MR) is 118 cm³/mol. The predicted octanol–water partition coefficient (Wildman–Crippen LogP) is 4.29. The molecule has 5 aliphatic rings. The Kier molecular flexibility index (Phi) is 5.83. The van der Waals surface area contributed by atoms with Gasteiger partial charge in [0.1, 0.15) is 0 Å². The van der Waals surface area contributed by atoms with Gasteiger partial charge >= 0.3 is 0 Å². The third-order valence-corrected chi connectivity index (χ3v) is 10.4. The number of aliphatic hydroxyl groups is 3. The lowest BCUT2D eigenvalue weighted by atomic mass is 9.47. The highest BCUT2D eigenvalue weighted by Crippen LogP contribution is 2.66. The molecule has 176 valence electrons. The minimum Gasteiger partial charge on any atom is -0.393 e. The summed E-state index contributed by atoms with van der Waals surface area (Å²) in [6, 6.07) is 0. The van der Waals surface area contributed by atoms with E-state index in [2.05, 4.69) is 13.0 Å². The van der Waals surface area contributed by atoms with Gasteiger partial charge in [-0.05, 0) is 87.4 Å². The molecule has 2 unspecified atom stereocenters. The Morgan fingerprint density at radius 2 is 1.74 bits per heavy atom. The van der Waals surface area contributed by atoms with E-state index < -0.39 is 17.5 Å². The van der Waals surface area contributed by atoms with Crippen LogP contribution in [0.2, 0.25) is 0 Å². The first-order chi connectivity index (χ1) is 14.8. The summed E-state index contributed by atoms with van der Waals surface area (Å²) in [4.78, 5) is 0. The molecule has 0 aliphatic heterocycles. The number of allylic oxidation sites excluding steroid dienone is 1. The molecular weight excluding hydrogens is 392 g/mol. The molecule has 0 radical (unpaired) electrons. The zero-order chi connectivity index (χ0) is 21.9. The highest BCUT2D eigenvalue weighted by molar-refractivity contribution is 5.27. The fraction of sp³-hybridized carbons (Fsp3) is 0.923. The van der Waals surface area contributed by atoms with Crippen molar-refractivity contribution >= 4 is 0 Å². The number of hydrogen-bond donors (Lipinski definition) is 3. The van der Waals surface area contributed by atoms with Crippen molar-refractivity contribution in [3.05, 3.63) is 11.6 Å². The number of rotatable bonds is 4. The van der Waals surface area contributed by atoms with Crippen molar-refractivity contribution < 1.29 is 24.8 Å². The Morgan fingerprint density at radius 3 is 2.45 bits per heavy atom. The van der Waals surface area contributed by atoms with Gasteiger partial charge in [0.15, 0.2) is 12.1 Å². The van der Waals surface area contributed by atoms with E-state index >= 15 is 0 Å². The normalized spacial score (nSPS) is 46.8. The van der Waals surface area contributed by atoms with Crippen LogP contribution < -0.4 is 0 Å². The summed E-state index contributed by atoms with van der Waals surface area (Å²) in [5, 5.41) is 31.5. The third kappa shape index (κ3) is 3.37. The first kappa shape index (κ1) is 22.3. The molecule has 5 aliphatic carbocycles. The van der Waals surface area contributed by atoms with Gasteiger partial charge in [0, 0.05) is 25.4 Å². The van der Waals surface area contributed by atoms with Crippen LogP contribution in [-0.4, -0.2) is 46.7 Å². The Morgan fingerprint density at radius 1 is 0.968 bits per heavy atom. The van der Waals surface area contributed by atoms with Gasteiger partial charge in [0.25, 0.3) is 0 Å². The van der Waals surface area contributed by atoms with E-state index in [1.54, 1.807) is 0 Å². The summed E-state index contributed by atoms with van der Waals surface area (Å²) in [6.45, 7) is 2.43. The summed E-state index contributed by atoms with van der Waals surface area (Å²) < 4.78 is 12.8. The topological polar surface area (TPSA) is 79.2 Å². The van der Waals surface area contributed by atoms with E-state index in [0.717, 1.165) is 50.5 Å². The molecule has 5 heteroatoms. The molecule has 4 saturated carbocycles. The number of fused-ring (bicyclic) bond motifs is 5. The molecule has 4 fully saturated rings. The number of aliphatic hydroxyl groups excluding tert-OH is 2. The smallest absolute Gasteiger partial charge is 0.168 e. The van der Waals surface area contributed by atoms with E-state index in [1.807, 2.05) is 7.11 Å². The molecule has 0 spiro atoms. The minimum absolute atomic E-state index is 0.130. The molecule has 0 saturated heterocycles. The van der Waals surface area contributed by atoms with Gasteiger partial charge in [0.2, 0.25) is 0 Å². The maximum Gasteiger partial charge on any atom is 0.168 e. The number of methoxy groups -OCH3 is 1. The van der Waals surface area contributed by atoms with E-state index in [-0.39, 0.29) is 17.6 Å². The highest BCUT2D eigenvalue weighted by atomic mass is 16.7. The van der Waals surface area contributed by atoms with Gasteiger partial charge in [-0.2, -0.15) is 0 Å². The van der Waals surface area contributed by atoms with Crippen molar-refractivity contribution in [1.29, 1.82) is 0 Å². The van der Waals surface area contributed by atoms with E-state index in [0.29, 0.717) is 37.0 Å². The zero-order valence-electron chi connectivity index (χ0n) is 19.4. The molecule has 0 aromatic rings. The highest BCUT2D eigenvalue weighted by Gasteiger charge is 2.62. The molecular formula is C26H42O5. The second-order valence-electron chi connectivity index (χ2n) is 11.6. The average Bonchev–Trinajstić information content (AvgIpc) is 3.10. The van der Waals surface area contributed by atoms with Crippen LogP contribution in [0.25, 0.3) is 0 Å². The van der Waals surface area contributed by atoms with Crippen molar-refractivity contribution in [2.45, 2.75) is 115 Å². The van der Waals surface area contributed by atoms with Gasteiger partial charge in [0.05, 0.1) is 12.2 Å². The van der Waals surface area contributed by atoms with Crippen LogP contribution in [0.3, 0.4) is 0 Å². The van der Waals surface area contributed by atoms with E-state index in [4.69, 9.17) is 9.47 Å². The van der Waals surface area contributed by atoms with Crippen molar-refractivity contribution in [2.75, 3.05) is 7.11 Å². The van der Waals surface area contributed by atoms with Gasteiger partial charge < -0.3 is 24.8 Å². The SMILES string of the molecule is COC1(OC2CC[C@H]3[C@@H]4CC=C5CC(O)CC[C@]5(C(O)O)[C@@H]4CC[C@]23C)CCCCC1. The standard InChI is InChI=1S/C26H42O5/c1-24-14-11-21-19(7-6-17-16-18(27)10-15-26(17,21)23(28)29)20(24)8-9-22(24)31-25(30-2)12-4-3-5-13-25/h6,18-23,27-29H,3-5,7-16H2,1-2H3/t18?,19-,20-,21+,22?,24-,26+/m0/s1. The van der Waals surface area contributed by atoms with Crippen molar-refractivity contribution in [3.63, 3.8) is 0 Å². The molecule has 3 N–H and O–H groups in total. The molecule has 0 heterocycles. The quantitative estimate of drug-likeness (QED) is 0.454. The summed E-state index contributed by atoms with van der Waals surface area (Å²) >= 11 is 0. The maximum absolute atomic E-state index is 10.6. The van der Waals surface area contributed by atoms with Crippen LogP contribution >= 0.6 is 0 Å². The number of hydrogen-bond acceptors (Lipinski definition) is 5. The van der Waals surface area contributed by atoms with Crippen molar-refractivity contribution in [3.8, 4) is 0 Å². The lowest BCUT2D eigenvalue weighted by molar-refractivity contribution is -0.281. The zero-order valence-corrected chi connectivity index (χ0v) is 19.4. The molecule has 7 atom stereocenters. The van der Waals surface area contributed by atoms with Gasteiger partial charge in [-0.3, -0.25) is 0 Å². The monoisotopic (exact) mass is 434 g/mol. The first-order valence-corrected chi connectivity index (χ1v) is 12.8. The molecule has 0 aromatic carbocycles. The molecule has 5 rings (SSSR count). The van der Waals surface area contributed by atoms with Crippen LogP contribution in [0, 0.1) is 28.6 Å². The molecule has 0 amide bonds. The Balaban J connectivity index is 1.41. The summed E-state index contributed by atoms with van der Waals surface area (Å²) in [5.41, 5.74) is 0.683. The minimum atomic E-state index is -1.34. The largest absolute Gasteiger partial charge is 0.393 e. The Bertz CT molecular complexity index is 698. The molecule has 0 aromatic heterocycles. The second kappa shape index (κ2) is 8.09. The van der Waals surface area contributed by atoms with Crippen LogP contribution in [0.1, 0.15) is 90.4 Å². The van der Waals surface area contributed by atoms with Crippen LogP contribution in [-0.2, 0) is 9.47 Å². The fourth-order valence-electron chi connectivity index (χ4n) is 8.69.